The summed E-state index contributed by atoms with van der Waals surface area (Å²) in [5.74, 6) is -2.27. The van der Waals surface area contributed by atoms with Gasteiger partial charge < -0.3 is 20.0 Å². The van der Waals surface area contributed by atoms with Crippen molar-refractivity contribution in [3.63, 3.8) is 0 Å². The summed E-state index contributed by atoms with van der Waals surface area (Å²) in [6, 6.07) is 13.9. The van der Waals surface area contributed by atoms with Crippen molar-refractivity contribution in [2.24, 2.45) is 11.8 Å². The third kappa shape index (κ3) is 3.62. The lowest BCUT2D eigenvalue weighted by Gasteiger charge is -2.46. The SMILES string of the molecule is C[C@@H](O)[C@H]1C(=O)N2C(C(=O)O)=C(SC(=S)N(C)Cc3cccc4ccccc34)[C@H](C)[C@H]12. The van der Waals surface area contributed by atoms with Crippen molar-refractivity contribution in [2.45, 2.75) is 32.5 Å². The number of hydrogen-bond donors (Lipinski definition) is 2. The molecular formula is C23H24N2O4S2. The molecule has 4 atom stereocenters. The molecule has 2 aromatic carbocycles. The first kappa shape index (κ1) is 21.8. The molecule has 162 valence electrons. The second-order valence-corrected chi connectivity index (χ2v) is 9.81. The van der Waals surface area contributed by atoms with Crippen LogP contribution in [-0.2, 0) is 16.1 Å². The van der Waals surface area contributed by atoms with Gasteiger partial charge in [-0.1, -0.05) is 73.4 Å². The Hall–Kier alpha value is -2.42. The van der Waals surface area contributed by atoms with Crippen molar-refractivity contribution in [3.8, 4) is 0 Å². The number of nitrogens with zero attached hydrogens (tertiary/aromatic N) is 2. The van der Waals surface area contributed by atoms with E-state index in [-0.39, 0.29) is 23.6 Å². The molecule has 2 N–H and O–H groups in total. The third-order valence-corrected chi connectivity index (χ3v) is 7.94. The Labute approximate surface area is 190 Å². The van der Waals surface area contributed by atoms with E-state index in [0.717, 1.165) is 16.3 Å². The maximum absolute atomic E-state index is 12.5. The van der Waals surface area contributed by atoms with Gasteiger partial charge in [-0.05, 0) is 23.3 Å². The number of amides is 1. The molecule has 0 saturated carbocycles. The number of fused-ring (bicyclic) bond motifs is 2. The Morgan fingerprint density at radius 3 is 2.61 bits per heavy atom. The number of carbonyl (C=O) groups is 2. The van der Waals surface area contributed by atoms with Crippen molar-refractivity contribution < 1.29 is 19.8 Å². The molecule has 2 aliphatic rings. The number of thioether (sulfide) groups is 1. The largest absolute Gasteiger partial charge is 0.477 e. The molecule has 4 rings (SSSR count). The molecule has 1 amide bonds. The average Bonchev–Trinajstić information content (AvgIpc) is 2.96. The molecule has 0 radical (unpaired) electrons. The second kappa shape index (κ2) is 8.26. The summed E-state index contributed by atoms with van der Waals surface area (Å²) in [7, 11) is 1.89. The highest BCUT2D eigenvalue weighted by molar-refractivity contribution is 8.25. The zero-order valence-electron chi connectivity index (χ0n) is 17.5. The molecule has 0 aromatic heterocycles. The molecule has 31 heavy (non-hydrogen) atoms. The molecule has 2 heterocycles. The molecule has 0 aliphatic carbocycles. The van der Waals surface area contributed by atoms with Crippen LogP contribution in [0.15, 0.2) is 53.1 Å². The van der Waals surface area contributed by atoms with Crippen LogP contribution in [0.3, 0.4) is 0 Å². The minimum Gasteiger partial charge on any atom is -0.477 e. The number of carboxylic acid groups (broad SMARTS) is 1. The van der Waals surface area contributed by atoms with Crippen LogP contribution in [0.1, 0.15) is 19.4 Å². The molecule has 0 bridgehead atoms. The maximum atomic E-state index is 12.5. The summed E-state index contributed by atoms with van der Waals surface area (Å²) >= 11 is 6.87. The minimum atomic E-state index is -1.14. The van der Waals surface area contributed by atoms with Gasteiger partial charge in [-0.15, -0.1) is 0 Å². The summed E-state index contributed by atoms with van der Waals surface area (Å²) in [6.45, 7) is 4.05. The first-order valence-corrected chi connectivity index (χ1v) is 11.3. The van der Waals surface area contributed by atoms with E-state index in [0.29, 0.717) is 15.8 Å². The number of aliphatic hydroxyl groups is 1. The van der Waals surface area contributed by atoms with Gasteiger partial charge in [0.2, 0.25) is 5.91 Å². The van der Waals surface area contributed by atoms with Gasteiger partial charge in [-0.2, -0.15) is 0 Å². The second-order valence-electron chi connectivity index (χ2n) is 8.13. The smallest absolute Gasteiger partial charge is 0.353 e. The zero-order chi connectivity index (χ0) is 22.4. The van der Waals surface area contributed by atoms with E-state index in [1.54, 1.807) is 6.92 Å². The predicted octanol–water partition coefficient (Wildman–Crippen LogP) is 3.44. The summed E-state index contributed by atoms with van der Waals surface area (Å²) in [5, 5.41) is 22.1. The number of rotatable bonds is 5. The van der Waals surface area contributed by atoms with Gasteiger partial charge in [0.25, 0.3) is 0 Å². The summed E-state index contributed by atoms with van der Waals surface area (Å²) in [5.41, 5.74) is 1.12. The number of aliphatic carboxylic acids is 1. The Morgan fingerprint density at radius 1 is 1.26 bits per heavy atom. The Bertz CT molecular complexity index is 1110. The summed E-state index contributed by atoms with van der Waals surface area (Å²) in [4.78, 5) is 28.3. The molecule has 1 saturated heterocycles. The van der Waals surface area contributed by atoms with Crippen molar-refractivity contribution in [3.05, 3.63) is 58.6 Å². The van der Waals surface area contributed by atoms with Gasteiger partial charge >= 0.3 is 5.97 Å². The average molecular weight is 457 g/mol. The van der Waals surface area contributed by atoms with Crippen LogP contribution < -0.4 is 0 Å². The van der Waals surface area contributed by atoms with Gasteiger partial charge in [0.05, 0.1) is 18.1 Å². The standard InChI is InChI=1S/C23H24N2O4S2/c1-12-18-17(13(2)26)21(27)25(18)19(22(28)29)20(12)31-23(30)24(3)11-15-9-6-8-14-7-4-5-10-16(14)15/h4-10,12-13,17-18,26H,11H2,1-3H3,(H,28,29)/t12-,13-,17-,18-/m1/s1. The van der Waals surface area contributed by atoms with Gasteiger partial charge in [0, 0.05) is 24.4 Å². The molecule has 0 spiro atoms. The van der Waals surface area contributed by atoms with Crippen molar-refractivity contribution >= 4 is 50.9 Å². The molecule has 2 aromatic rings. The minimum absolute atomic E-state index is 0.00897. The van der Waals surface area contributed by atoms with Crippen LogP contribution in [0.2, 0.25) is 0 Å². The highest BCUT2D eigenvalue weighted by Crippen LogP contribution is 2.50. The van der Waals surface area contributed by atoms with E-state index < -0.39 is 18.0 Å². The van der Waals surface area contributed by atoms with Crippen LogP contribution in [0.4, 0.5) is 0 Å². The summed E-state index contributed by atoms with van der Waals surface area (Å²) in [6.07, 6.45) is -0.823. The van der Waals surface area contributed by atoms with Crippen LogP contribution in [0.5, 0.6) is 0 Å². The fraction of sp³-hybridized carbons (Fsp3) is 0.348. The van der Waals surface area contributed by atoms with E-state index >= 15 is 0 Å². The number of aliphatic hydroxyl groups excluding tert-OH is 1. The molecule has 1 fully saturated rings. The lowest BCUT2D eigenvalue weighted by atomic mass is 9.79. The fourth-order valence-electron chi connectivity index (χ4n) is 4.58. The Morgan fingerprint density at radius 2 is 1.94 bits per heavy atom. The van der Waals surface area contributed by atoms with Gasteiger partial charge in [0.15, 0.2) is 0 Å². The molecule has 2 aliphatic heterocycles. The lowest BCUT2D eigenvalue weighted by Crippen LogP contribution is -2.63. The number of benzene rings is 2. The molecule has 0 unspecified atom stereocenters. The Balaban J connectivity index is 1.56. The normalized spacial score (nSPS) is 23.5. The van der Waals surface area contributed by atoms with Crippen molar-refractivity contribution in [1.29, 1.82) is 0 Å². The number of carbonyl (C=O) groups excluding carboxylic acids is 1. The van der Waals surface area contributed by atoms with E-state index in [1.165, 1.54) is 16.7 Å². The predicted molar refractivity (Wildman–Crippen MR) is 125 cm³/mol. The Kier molecular flexibility index (Phi) is 5.81. The lowest BCUT2D eigenvalue weighted by molar-refractivity contribution is -0.163. The number of carboxylic acids is 1. The van der Waals surface area contributed by atoms with Crippen LogP contribution in [0.25, 0.3) is 10.8 Å². The maximum Gasteiger partial charge on any atom is 0.353 e. The number of β-lactam (4-membered cyclic amide) rings is 1. The van der Waals surface area contributed by atoms with Crippen LogP contribution in [-0.4, -0.2) is 55.4 Å². The van der Waals surface area contributed by atoms with Crippen molar-refractivity contribution in [1.82, 2.24) is 9.80 Å². The van der Waals surface area contributed by atoms with E-state index in [9.17, 15) is 19.8 Å². The summed E-state index contributed by atoms with van der Waals surface area (Å²) < 4.78 is 0.539. The molecular weight excluding hydrogens is 432 g/mol. The molecule has 8 heteroatoms. The highest BCUT2D eigenvalue weighted by atomic mass is 32.2. The van der Waals surface area contributed by atoms with E-state index in [4.69, 9.17) is 12.2 Å². The van der Waals surface area contributed by atoms with E-state index in [2.05, 4.69) is 24.3 Å². The van der Waals surface area contributed by atoms with Gasteiger partial charge in [-0.3, -0.25) is 4.79 Å². The van der Waals surface area contributed by atoms with Crippen molar-refractivity contribution in [2.75, 3.05) is 7.05 Å². The third-order valence-electron chi connectivity index (χ3n) is 6.11. The monoisotopic (exact) mass is 456 g/mol. The first-order valence-electron chi connectivity index (χ1n) is 10.1. The highest BCUT2D eigenvalue weighted by Gasteiger charge is 2.60. The van der Waals surface area contributed by atoms with Crippen LogP contribution in [0, 0.1) is 11.8 Å². The van der Waals surface area contributed by atoms with E-state index in [1.807, 2.05) is 37.1 Å². The molecule has 6 nitrogen and oxygen atoms in total. The van der Waals surface area contributed by atoms with Gasteiger partial charge in [-0.25, -0.2) is 4.79 Å². The van der Waals surface area contributed by atoms with Gasteiger partial charge in [0.1, 0.15) is 10.0 Å². The topological polar surface area (TPSA) is 81.1 Å². The fourth-order valence-corrected chi connectivity index (χ4v) is 5.93. The quantitative estimate of drug-likeness (QED) is 0.527. The van der Waals surface area contributed by atoms with Crippen LogP contribution >= 0.6 is 24.0 Å². The number of hydrogen-bond acceptors (Lipinski definition) is 5. The number of thiocarbonyl (C=S) groups is 1. The first-order chi connectivity index (χ1) is 14.7. The zero-order valence-corrected chi connectivity index (χ0v) is 19.1.